The van der Waals surface area contributed by atoms with Crippen molar-refractivity contribution in [1.29, 1.82) is 0 Å². The predicted octanol–water partition coefficient (Wildman–Crippen LogP) is 3.55. The molecular weight excluding hydrogens is 212 g/mol. The van der Waals surface area contributed by atoms with Crippen molar-refractivity contribution in [1.82, 2.24) is 0 Å². The van der Waals surface area contributed by atoms with E-state index in [0.717, 1.165) is 16.3 Å². The summed E-state index contributed by atoms with van der Waals surface area (Å²) in [4.78, 5) is 23.1. The molecule has 0 aliphatic carbocycles. The van der Waals surface area contributed by atoms with Gasteiger partial charge in [0.2, 0.25) is 0 Å². The molecule has 2 rings (SSSR count). The van der Waals surface area contributed by atoms with Crippen LogP contribution in [0.5, 0.6) is 0 Å². The topological polar surface area (TPSA) is 34.1 Å². The summed E-state index contributed by atoms with van der Waals surface area (Å²) in [6.07, 6.45) is 0. The van der Waals surface area contributed by atoms with Crippen molar-refractivity contribution in [2.75, 3.05) is 0 Å². The molecule has 0 radical (unpaired) electrons. The van der Waals surface area contributed by atoms with E-state index in [-0.39, 0.29) is 11.6 Å². The molecule has 0 heterocycles. The Labute approximate surface area is 100 Å². The van der Waals surface area contributed by atoms with Gasteiger partial charge in [0.15, 0.2) is 11.6 Å². The lowest BCUT2D eigenvalue weighted by molar-refractivity contribution is 0.101. The summed E-state index contributed by atoms with van der Waals surface area (Å²) >= 11 is 0. The van der Waals surface area contributed by atoms with Crippen LogP contribution in [0, 0.1) is 6.92 Å². The van der Waals surface area contributed by atoms with Crippen LogP contribution in [-0.4, -0.2) is 11.6 Å². The molecule has 0 aromatic heterocycles. The van der Waals surface area contributed by atoms with Crippen LogP contribution in [-0.2, 0) is 0 Å². The molecule has 2 nitrogen and oxygen atoms in total. The lowest BCUT2D eigenvalue weighted by Crippen LogP contribution is -1.99. The monoisotopic (exact) mass is 226 g/mol. The molecule has 0 fully saturated rings. The number of rotatable bonds is 2. The third kappa shape index (κ3) is 2.11. The van der Waals surface area contributed by atoms with Crippen molar-refractivity contribution in [3.05, 3.63) is 47.0 Å². The van der Waals surface area contributed by atoms with Crippen LogP contribution in [0.25, 0.3) is 10.8 Å². The van der Waals surface area contributed by atoms with E-state index in [1.807, 2.05) is 31.2 Å². The molecule has 0 N–H and O–H groups in total. The highest BCUT2D eigenvalue weighted by Gasteiger charge is 2.10. The molecule has 2 aromatic rings. The second-order valence-electron chi connectivity index (χ2n) is 4.36. The van der Waals surface area contributed by atoms with Crippen molar-refractivity contribution in [2.45, 2.75) is 20.8 Å². The smallest absolute Gasteiger partial charge is 0.160 e. The van der Waals surface area contributed by atoms with Gasteiger partial charge in [-0.2, -0.15) is 0 Å². The van der Waals surface area contributed by atoms with Crippen molar-refractivity contribution in [3.63, 3.8) is 0 Å². The summed E-state index contributed by atoms with van der Waals surface area (Å²) in [6.45, 7) is 5.03. The molecule has 0 bridgehead atoms. The van der Waals surface area contributed by atoms with Crippen molar-refractivity contribution < 1.29 is 9.59 Å². The Morgan fingerprint density at radius 1 is 0.941 bits per heavy atom. The zero-order valence-electron chi connectivity index (χ0n) is 10.2. The number of benzene rings is 2. The van der Waals surface area contributed by atoms with E-state index in [1.165, 1.54) is 13.8 Å². The van der Waals surface area contributed by atoms with Crippen LogP contribution in [0.15, 0.2) is 30.3 Å². The van der Waals surface area contributed by atoms with Crippen LogP contribution >= 0.6 is 0 Å². The largest absolute Gasteiger partial charge is 0.295 e. The van der Waals surface area contributed by atoms with Crippen LogP contribution in [0.2, 0.25) is 0 Å². The van der Waals surface area contributed by atoms with E-state index < -0.39 is 0 Å². The quantitative estimate of drug-likeness (QED) is 0.734. The maximum Gasteiger partial charge on any atom is 0.160 e. The molecule has 2 aromatic carbocycles. The van der Waals surface area contributed by atoms with Gasteiger partial charge in [-0.05, 0) is 43.7 Å². The van der Waals surface area contributed by atoms with Gasteiger partial charge in [0.05, 0.1) is 0 Å². The molecule has 0 unspecified atom stereocenters. The number of aryl methyl sites for hydroxylation is 1. The van der Waals surface area contributed by atoms with E-state index in [2.05, 4.69) is 0 Å². The van der Waals surface area contributed by atoms with Crippen LogP contribution in [0.4, 0.5) is 0 Å². The molecule has 17 heavy (non-hydrogen) atoms. The minimum absolute atomic E-state index is 0.0105. The molecule has 2 heteroatoms. The fourth-order valence-electron chi connectivity index (χ4n) is 1.97. The second-order valence-corrected chi connectivity index (χ2v) is 4.36. The number of ketones is 2. The molecule has 0 spiro atoms. The molecular formula is C15H14O2. The Bertz CT molecular complexity index is 624. The van der Waals surface area contributed by atoms with Gasteiger partial charge < -0.3 is 0 Å². The first-order valence-corrected chi connectivity index (χ1v) is 5.55. The van der Waals surface area contributed by atoms with E-state index in [1.54, 1.807) is 6.07 Å². The average Bonchev–Trinajstić information content (AvgIpc) is 2.27. The van der Waals surface area contributed by atoms with Gasteiger partial charge in [-0.15, -0.1) is 0 Å². The molecule has 0 aliphatic heterocycles. The average molecular weight is 226 g/mol. The predicted molar refractivity (Wildman–Crippen MR) is 68.7 cm³/mol. The minimum atomic E-state index is -0.0185. The number of fused-ring (bicyclic) bond motifs is 1. The highest BCUT2D eigenvalue weighted by molar-refractivity contribution is 6.10. The van der Waals surface area contributed by atoms with Crippen LogP contribution in [0.1, 0.15) is 40.1 Å². The first-order chi connectivity index (χ1) is 7.99. The number of hydrogen-bond donors (Lipinski definition) is 0. The summed E-state index contributed by atoms with van der Waals surface area (Å²) in [5.41, 5.74) is 2.32. The zero-order valence-corrected chi connectivity index (χ0v) is 10.2. The first-order valence-electron chi connectivity index (χ1n) is 5.55. The zero-order chi connectivity index (χ0) is 12.6. The maximum atomic E-state index is 11.6. The third-order valence-electron chi connectivity index (χ3n) is 2.90. The Kier molecular flexibility index (Phi) is 2.80. The Morgan fingerprint density at radius 2 is 1.65 bits per heavy atom. The van der Waals surface area contributed by atoms with E-state index in [9.17, 15) is 9.59 Å². The van der Waals surface area contributed by atoms with Crippen molar-refractivity contribution in [2.24, 2.45) is 0 Å². The SMILES string of the molecule is CC(=O)c1cc(C(C)=O)c2cc(C)ccc2c1. The summed E-state index contributed by atoms with van der Waals surface area (Å²) < 4.78 is 0. The second kappa shape index (κ2) is 4.13. The number of Topliss-reactive ketones (excluding diaryl/α,β-unsaturated/α-hetero) is 2. The van der Waals surface area contributed by atoms with E-state index in [4.69, 9.17) is 0 Å². The Balaban J connectivity index is 2.86. The lowest BCUT2D eigenvalue weighted by atomic mass is 9.96. The third-order valence-corrected chi connectivity index (χ3v) is 2.90. The van der Waals surface area contributed by atoms with Gasteiger partial charge in [0, 0.05) is 11.1 Å². The van der Waals surface area contributed by atoms with Crippen molar-refractivity contribution in [3.8, 4) is 0 Å². The molecule has 0 atom stereocenters. The number of carbonyl (C=O) groups is 2. The lowest BCUT2D eigenvalue weighted by Gasteiger charge is -2.07. The molecule has 0 saturated heterocycles. The molecule has 0 amide bonds. The molecule has 86 valence electrons. The molecule has 0 aliphatic rings. The molecule has 0 saturated carbocycles. The fraction of sp³-hybridized carbons (Fsp3) is 0.200. The summed E-state index contributed by atoms with van der Waals surface area (Å²) in [6, 6.07) is 9.44. The van der Waals surface area contributed by atoms with Gasteiger partial charge in [0.25, 0.3) is 0 Å². The van der Waals surface area contributed by atoms with Gasteiger partial charge >= 0.3 is 0 Å². The van der Waals surface area contributed by atoms with Crippen LogP contribution in [0.3, 0.4) is 0 Å². The van der Waals surface area contributed by atoms with E-state index >= 15 is 0 Å². The normalized spacial score (nSPS) is 10.5. The van der Waals surface area contributed by atoms with Gasteiger partial charge in [-0.3, -0.25) is 9.59 Å². The highest BCUT2D eigenvalue weighted by atomic mass is 16.1. The Hall–Kier alpha value is -1.96. The summed E-state index contributed by atoms with van der Waals surface area (Å²) in [5.74, 6) is -0.0290. The number of hydrogen-bond acceptors (Lipinski definition) is 2. The summed E-state index contributed by atoms with van der Waals surface area (Å²) in [7, 11) is 0. The first kappa shape index (κ1) is 11.5. The standard InChI is InChI=1S/C15H14O2/c1-9-4-5-12-7-13(10(2)16)8-14(11(3)17)15(12)6-9/h4-8H,1-3H3. The fourth-order valence-corrected chi connectivity index (χ4v) is 1.97. The van der Waals surface area contributed by atoms with Gasteiger partial charge in [0.1, 0.15) is 0 Å². The maximum absolute atomic E-state index is 11.6. The summed E-state index contributed by atoms with van der Waals surface area (Å²) in [5, 5.41) is 1.86. The highest BCUT2D eigenvalue weighted by Crippen LogP contribution is 2.23. The minimum Gasteiger partial charge on any atom is -0.295 e. The van der Waals surface area contributed by atoms with Gasteiger partial charge in [-0.1, -0.05) is 23.8 Å². The Morgan fingerprint density at radius 3 is 2.24 bits per heavy atom. The number of carbonyl (C=O) groups excluding carboxylic acids is 2. The van der Waals surface area contributed by atoms with Crippen LogP contribution < -0.4 is 0 Å². The van der Waals surface area contributed by atoms with Crippen molar-refractivity contribution >= 4 is 22.3 Å². The van der Waals surface area contributed by atoms with E-state index in [0.29, 0.717) is 11.1 Å². The van der Waals surface area contributed by atoms with Gasteiger partial charge in [-0.25, -0.2) is 0 Å².